The molecule has 3 aromatic carbocycles. The minimum atomic E-state index is -0.331. The third kappa shape index (κ3) is 3.87. The Hall–Kier alpha value is -3.73. The maximum absolute atomic E-state index is 14.9. The summed E-state index contributed by atoms with van der Waals surface area (Å²) in [5.74, 6) is 1.72. The van der Waals surface area contributed by atoms with Crippen LogP contribution in [0.3, 0.4) is 0 Å². The number of hydrogen-bond donors (Lipinski definition) is 0. The molecule has 1 aromatic heterocycles. The number of rotatable bonds is 6. The average Bonchev–Trinajstić information content (AvgIpc) is 3.15. The van der Waals surface area contributed by atoms with Crippen LogP contribution in [-0.4, -0.2) is 25.9 Å². The Morgan fingerprint density at radius 1 is 0.613 bits per heavy atom. The molecule has 0 atom stereocenters. The molecule has 0 bridgehead atoms. The third-order valence-corrected chi connectivity index (χ3v) is 5.45. The molecule has 4 rings (SSSR count). The highest BCUT2D eigenvalue weighted by atomic mass is 19.1. The fourth-order valence-corrected chi connectivity index (χ4v) is 3.78. The maximum atomic E-state index is 14.9. The van der Waals surface area contributed by atoms with E-state index in [4.69, 9.17) is 14.2 Å². The fourth-order valence-electron chi connectivity index (χ4n) is 3.78. The Morgan fingerprint density at radius 2 is 1.13 bits per heavy atom. The molecule has 0 saturated carbocycles. The van der Waals surface area contributed by atoms with E-state index in [0.29, 0.717) is 11.3 Å². The van der Waals surface area contributed by atoms with E-state index in [1.54, 1.807) is 26.4 Å². The van der Waals surface area contributed by atoms with Gasteiger partial charge in [-0.25, -0.2) is 4.39 Å². The molecule has 158 valence electrons. The molecule has 0 radical (unpaired) electrons. The van der Waals surface area contributed by atoms with Gasteiger partial charge in [0.05, 0.1) is 32.7 Å². The van der Waals surface area contributed by atoms with Gasteiger partial charge in [0.25, 0.3) is 0 Å². The lowest BCUT2D eigenvalue weighted by atomic mass is 10.0. The molecule has 0 spiro atoms. The first-order valence-electron chi connectivity index (χ1n) is 9.88. The van der Waals surface area contributed by atoms with Gasteiger partial charge in [0.15, 0.2) is 0 Å². The summed E-state index contributed by atoms with van der Waals surface area (Å²) in [6.45, 7) is 0. The Balaban J connectivity index is 1.92. The van der Waals surface area contributed by atoms with E-state index in [1.807, 2.05) is 66.2 Å². The molecule has 31 heavy (non-hydrogen) atoms. The molecule has 0 N–H and O–H groups in total. The molecule has 1 heterocycles. The molecule has 0 amide bonds. The number of benzene rings is 3. The first-order valence-corrected chi connectivity index (χ1v) is 9.88. The van der Waals surface area contributed by atoms with Crippen molar-refractivity contribution >= 4 is 0 Å². The first kappa shape index (κ1) is 20.5. The lowest BCUT2D eigenvalue weighted by Gasteiger charge is -2.12. The highest BCUT2D eigenvalue weighted by Gasteiger charge is 2.19. The van der Waals surface area contributed by atoms with E-state index in [2.05, 4.69) is 0 Å². The van der Waals surface area contributed by atoms with Crippen LogP contribution in [0.25, 0.3) is 33.6 Å². The van der Waals surface area contributed by atoms with E-state index in [0.717, 1.165) is 39.6 Å². The van der Waals surface area contributed by atoms with Crippen molar-refractivity contribution in [1.29, 1.82) is 0 Å². The molecule has 0 fully saturated rings. The number of nitrogens with zero attached hydrogens (tertiary/aromatic N) is 1. The zero-order valence-electron chi connectivity index (χ0n) is 18.0. The lowest BCUT2D eigenvalue weighted by Crippen LogP contribution is -1.97. The van der Waals surface area contributed by atoms with Crippen LogP contribution >= 0.6 is 0 Å². The maximum Gasteiger partial charge on any atom is 0.136 e. The van der Waals surface area contributed by atoms with Gasteiger partial charge in [-0.1, -0.05) is 12.1 Å². The smallest absolute Gasteiger partial charge is 0.136 e. The van der Waals surface area contributed by atoms with Crippen molar-refractivity contribution < 1.29 is 18.6 Å². The van der Waals surface area contributed by atoms with Gasteiger partial charge in [-0.05, 0) is 65.7 Å². The standard InChI is InChI=1S/C26H24FNO3/c1-28-25(22-14-13-21(31-4)15-24(22)27)16-23(17-5-9-19(29-2)10-6-17)26(28)18-7-11-20(30-3)12-8-18/h5-16H,1-4H3. The highest BCUT2D eigenvalue weighted by Crippen LogP contribution is 2.40. The van der Waals surface area contributed by atoms with Gasteiger partial charge >= 0.3 is 0 Å². The zero-order chi connectivity index (χ0) is 22.0. The van der Waals surface area contributed by atoms with Gasteiger partial charge in [-0.15, -0.1) is 0 Å². The zero-order valence-corrected chi connectivity index (χ0v) is 18.0. The SMILES string of the molecule is COc1ccc(-c2cc(-c3ccc(OC)cc3F)n(C)c2-c2ccc(OC)cc2)cc1. The molecule has 0 saturated heterocycles. The van der Waals surface area contributed by atoms with Gasteiger partial charge in [0.1, 0.15) is 23.1 Å². The summed E-state index contributed by atoms with van der Waals surface area (Å²) in [6.07, 6.45) is 0. The summed E-state index contributed by atoms with van der Waals surface area (Å²) in [5.41, 5.74) is 5.30. The summed E-state index contributed by atoms with van der Waals surface area (Å²) < 4.78 is 32.7. The summed E-state index contributed by atoms with van der Waals surface area (Å²) in [4.78, 5) is 0. The molecule has 4 aromatic rings. The topological polar surface area (TPSA) is 32.6 Å². The van der Waals surface area contributed by atoms with Crippen LogP contribution in [0.4, 0.5) is 4.39 Å². The second-order valence-corrected chi connectivity index (χ2v) is 7.15. The summed E-state index contributed by atoms with van der Waals surface area (Å²) in [7, 11) is 6.77. The number of aromatic nitrogens is 1. The Labute approximate surface area is 181 Å². The van der Waals surface area contributed by atoms with E-state index >= 15 is 0 Å². The van der Waals surface area contributed by atoms with Crippen LogP contribution in [0.1, 0.15) is 0 Å². The van der Waals surface area contributed by atoms with Gasteiger partial charge in [0, 0.05) is 24.2 Å². The summed E-state index contributed by atoms with van der Waals surface area (Å²) in [6, 6.07) is 22.7. The van der Waals surface area contributed by atoms with Crippen LogP contribution in [0.5, 0.6) is 17.2 Å². The van der Waals surface area contributed by atoms with Gasteiger partial charge in [-0.3, -0.25) is 0 Å². The first-order chi connectivity index (χ1) is 15.0. The predicted octanol–water partition coefficient (Wildman–Crippen LogP) is 6.19. The van der Waals surface area contributed by atoms with Crippen molar-refractivity contribution in [3.63, 3.8) is 0 Å². The monoisotopic (exact) mass is 417 g/mol. The molecule has 0 aliphatic heterocycles. The van der Waals surface area contributed by atoms with E-state index in [9.17, 15) is 4.39 Å². The minimum absolute atomic E-state index is 0.331. The van der Waals surface area contributed by atoms with Gasteiger partial charge in [0.2, 0.25) is 0 Å². The van der Waals surface area contributed by atoms with Crippen molar-refractivity contribution in [3.05, 3.63) is 78.6 Å². The van der Waals surface area contributed by atoms with Crippen LogP contribution in [-0.2, 0) is 7.05 Å². The summed E-state index contributed by atoms with van der Waals surface area (Å²) >= 11 is 0. The van der Waals surface area contributed by atoms with Crippen molar-refractivity contribution in [3.8, 4) is 50.9 Å². The molecule has 4 nitrogen and oxygen atoms in total. The normalized spacial score (nSPS) is 10.7. The largest absolute Gasteiger partial charge is 0.497 e. The van der Waals surface area contributed by atoms with Crippen molar-refractivity contribution in [1.82, 2.24) is 4.57 Å². The quantitative estimate of drug-likeness (QED) is 0.375. The Kier molecular flexibility index (Phi) is 5.67. The van der Waals surface area contributed by atoms with Gasteiger partial charge in [-0.2, -0.15) is 0 Å². The summed E-state index contributed by atoms with van der Waals surface area (Å²) in [5, 5.41) is 0. The van der Waals surface area contributed by atoms with Crippen LogP contribution in [0, 0.1) is 5.82 Å². The van der Waals surface area contributed by atoms with E-state index < -0.39 is 0 Å². The van der Waals surface area contributed by atoms with Crippen LogP contribution < -0.4 is 14.2 Å². The van der Waals surface area contributed by atoms with Gasteiger partial charge < -0.3 is 18.8 Å². The molecule has 5 heteroatoms. The molecular weight excluding hydrogens is 393 g/mol. The minimum Gasteiger partial charge on any atom is -0.497 e. The third-order valence-electron chi connectivity index (χ3n) is 5.45. The average molecular weight is 417 g/mol. The lowest BCUT2D eigenvalue weighted by molar-refractivity contribution is 0.411. The molecular formula is C26H24FNO3. The van der Waals surface area contributed by atoms with E-state index in [1.165, 1.54) is 13.2 Å². The van der Waals surface area contributed by atoms with Crippen LogP contribution in [0.2, 0.25) is 0 Å². The van der Waals surface area contributed by atoms with Crippen molar-refractivity contribution in [2.45, 2.75) is 0 Å². The van der Waals surface area contributed by atoms with E-state index in [-0.39, 0.29) is 5.82 Å². The molecule has 0 unspecified atom stereocenters. The second kappa shape index (κ2) is 8.56. The molecule has 0 aliphatic carbocycles. The Bertz CT molecular complexity index is 1190. The highest BCUT2D eigenvalue weighted by molar-refractivity contribution is 5.87. The van der Waals surface area contributed by atoms with Crippen molar-refractivity contribution in [2.75, 3.05) is 21.3 Å². The number of halogens is 1. The predicted molar refractivity (Wildman–Crippen MR) is 121 cm³/mol. The molecule has 0 aliphatic rings. The number of ether oxygens (including phenoxy) is 3. The number of hydrogen-bond acceptors (Lipinski definition) is 3. The van der Waals surface area contributed by atoms with Crippen LogP contribution in [0.15, 0.2) is 72.8 Å². The van der Waals surface area contributed by atoms with Crippen molar-refractivity contribution in [2.24, 2.45) is 7.05 Å². The fraction of sp³-hybridized carbons (Fsp3) is 0.154. The second-order valence-electron chi connectivity index (χ2n) is 7.15. The Morgan fingerprint density at radius 3 is 1.65 bits per heavy atom. The number of methoxy groups -OCH3 is 3.